The molecular weight excluding hydrogens is 322 g/mol. The number of hydrogen-bond donors (Lipinski definition) is 1. The Hall–Kier alpha value is -1.42. The van der Waals surface area contributed by atoms with Crippen LogP contribution in [0.1, 0.15) is 46.5 Å². The van der Waals surface area contributed by atoms with E-state index >= 15 is 0 Å². The summed E-state index contributed by atoms with van der Waals surface area (Å²) >= 11 is 0. The van der Waals surface area contributed by atoms with E-state index in [2.05, 4.69) is 81.4 Å². The zero-order chi connectivity index (χ0) is 17.9. The molecule has 0 bridgehead atoms. The lowest BCUT2D eigenvalue weighted by Gasteiger charge is -2.47. The van der Waals surface area contributed by atoms with Crippen LogP contribution >= 0.6 is 0 Å². The monoisotopic (exact) mass is 353 g/mol. The standard InChI is InChI=1S/C22H31NOSi/c1-22(2,3)25(18-12-6-4-7-13-18,19-14-8-5-9-15-19)24-21-17-11-10-16-20(21)23/h4-9,12-15,20-21H,10-11,16-17,23H2,1-3H3. The van der Waals surface area contributed by atoms with Crippen LogP contribution in [-0.2, 0) is 4.43 Å². The van der Waals surface area contributed by atoms with Gasteiger partial charge in [0.1, 0.15) is 0 Å². The van der Waals surface area contributed by atoms with Crippen LogP contribution in [0.3, 0.4) is 0 Å². The first-order chi connectivity index (χ1) is 11.9. The average Bonchev–Trinajstić information content (AvgIpc) is 2.61. The molecule has 3 heteroatoms. The quantitative estimate of drug-likeness (QED) is 0.848. The molecule has 0 aliphatic heterocycles. The first-order valence-corrected chi connectivity index (χ1v) is 11.4. The maximum absolute atomic E-state index is 7.14. The van der Waals surface area contributed by atoms with Crippen molar-refractivity contribution in [2.75, 3.05) is 0 Å². The van der Waals surface area contributed by atoms with E-state index in [0.29, 0.717) is 0 Å². The molecule has 3 rings (SSSR count). The summed E-state index contributed by atoms with van der Waals surface area (Å²) in [6, 6.07) is 21.9. The molecule has 25 heavy (non-hydrogen) atoms. The maximum atomic E-state index is 7.14. The lowest BCUT2D eigenvalue weighted by atomic mass is 9.93. The van der Waals surface area contributed by atoms with Crippen LogP contribution in [0.2, 0.25) is 5.04 Å². The van der Waals surface area contributed by atoms with Crippen molar-refractivity contribution in [3.63, 3.8) is 0 Å². The van der Waals surface area contributed by atoms with Crippen molar-refractivity contribution >= 4 is 18.7 Å². The highest BCUT2D eigenvalue weighted by Crippen LogP contribution is 2.39. The van der Waals surface area contributed by atoms with Gasteiger partial charge < -0.3 is 10.2 Å². The van der Waals surface area contributed by atoms with Gasteiger partial charge >= 0.3 is 0 Å². The predicted octanol–water partition coefficient (Wildman–Crippen LogP) is 3.83. The Morgan fingerprint density at radius 1 is 0.840 bits per heavy atom. The summed E-state index contributed by atoms with van der Waals surface area (Å²) in [5, 5.41) is 2.70. The predicted molar refractivity (Wildman–Crippen MR) is 109 cm³/mol. The van der Waals surface area contributed by atoms with Crippen LogP contribution in [0.15, 0.2) is 60.7 Å². The second kappa shape index (κ2) is 7.44. The zero-order valence-corrected chi connectivity index (χ0v) is 16.7. The molecule has 0 aromatic heterocycles. The van der Waals surface area contributed by atoms with Gasteiger partial charge in [0.2, 0.25) is 0 Å². The molecule has 0 radical (unpaired) electrons. The van der Waals surface area contributed by atoms with Gasteiger partial charge in [-0.25, -0.2) is 0 Å². The van der Waals surface area contributed by atoms with Gasteiger partial charge in [0.05, 0.1) is 6.10 Å². The molecule has 134 valence electrons. The minimum atomic E-state index is -2.46. The van der Waals surface area contributed by atoms with E-state index in [-0.39, 0.29) is 17.2 Å². The highest BCUT2D eigenvalue weighted by atomic mass is 28.4. The minimum Gasteiger partial charge on any atom is -0.403 e. The molecule has 2 N–H and O–H groups in total. The smallest absolute Gasteiger partial charge is 0.261 e. The van der Waals surface area contributed by atoms with Gasteiger partial charge in [-0.15, -0.1) is 0 Å². The summed E-state index contributed by atoms with van der Waals surface area (Å²) in [7, 11) is -2.46. The van der Waals surface area contributed by atoms with Crippen molar-refractivity contribution in [3.8, 4) is 0 Å². The van der Waals surface area contributed by atoms with E-state index in [1.807, 2.05) is 0 Å². The highest BCUT2D eigenvalue weighted by Gasteiger charge is 2.52. The third-order valence-electron chi connectivity index (χ3n) is 5.50. The summed E-state index contributed by atoms with van der Waals surface area (Å²) in [4.78, 5) is 0. The van der Waals surface area contributed by atoms with Gasteiger partial charge in [-0.3, -0.25) is 0 Å². The second-order valence-corrected chi connectivity index (χ2v) is 12.5. The highest BCUT2D eigenvalue weighted by molar-refractivity contribution is 6.99. The number of benzene rings is 2. The van der Waals surface area contributed by atoms with E-state index in [0.717, 1.165) is 12.8 Å². The van der Waals surface area contributed by atoms with Crippen molar-refractivity contribution in [1.29, 1.82) is 0 Å². The lowest BCUT2D eigenvalue weighted by molar-refractivity contribution is 0.121. The summed E-state index contributed by atoms with van der Waals surface area (Å²) in [5.74, 6) is 0. The van der Waals surface area contributed by atoms with Crippen molar-refractivity contribution in [3.05, 3.63) is 60.7 Å². The molecule has 1 aliphatic carbocycles. The molecule has 2 nitrogen and oxygen atoms in total. The van der Waals surface area contributed by atoms with Crippen molar-refractivity contribution < 1.29 is 4.43 Å². The Morgan fingerprint density at radius 3 is 1.76 bits per heavy atom. The molecule has 2 aromatic carbocycles. The molecule has 2 aromatic rings. The van der Waals surface area contributed by atoms with E-state index in [1.54, 1.807) is 0 Å². The molecule has 0 amide bonds. The summed E-state index contributed by atoms with van der Waals surface area (Å²) in [5.41, 5.74) is 6.48. The van der Waals surface area contributed by atoms with E-state index < -0.39 is 8.32 Å². The number of rotatable bonds is 4. The number of nitrogens with two attached hydrogens (primary N) is 1. The first kappa shape index (κ1) is 18.4. The van der Waals surface area contributed by atoms with Gasteiger partial charge in [-0.2, -0.15) is 0 Å². The average molecular weight is 354 g/mol. The van der Waals surface area contributed by atoms with Crippen molar-refractivity contribution in [2.45, 2.75) is 63.6 Å². The molecule has 0 saturated heterocycles. The van der Waals surface area contributed by atoms with Gasteiger partial charge in [-0.05, 0) is 28.3 Å². The SMILES string of the molecule is CC(C)(C)[Si](OC1CCCCC1N)(c1ccccc1)c1ccccc1. The van der Waals surface area contributed by atoms with E-state index in [9.17, 15) is 0 Å². The zero-order valence-electron chi connectivity index (χ0n) is 15.7. The second-order valence-electron chi connectivity index (χ2n) is 8.27. The molecule has 2 unspecified atom stereocenters. The molecule has 0 heterocycles. The third-order valence-corrected chi connectivity index (χ3v) is 10.6. The fourth-order valence-electron chi connectivity index (χ4n) is 4.19. The minimum absolute atomic E-state index is 0.0207. The van der Waals surface area contributed by atoms with Crippen molar-refractivity contribution in [1.82, 2.24) is 0 Å². The molecule has 1 saturated carbocycles. The van der Waals surface area contributed by atoms with Crippen LogP contribution in [0.4, 0.5) is 0 Å². The van der Waals surface area contributed by atoms with Gasteiger partial charge in [0.15, 0.2) is 0 Å². The van der Waals surface area contributed by atoms with Crippen LogP contribution in [0.25, 0.3) is 0 Å². The van der Waals surface area contributed by atoms with Crippen LogP contribution < -0.4 is 16.1 Å². The molecule has 2 atom stereocenters. The fraction of sp³-hybridized carbons (Fsp3) is 0.455. The molecule has 1 aliphatic rings. The molecule has 0 spiro atoms. The third kappa shape index (κ3) is 3.59. The van der Waals surface area contributed by atoms with Gasteiger partial charge in [0, 0.05) is 6.04 Å². The van der Waals surface area contributed by atoms with Crippen molar-refractivity contribution in [2.24, 2.45) is 5.73 Å². The Labute approximate surface area is 153 Å². The van der Waals surface area contributed by atoms with E-state index in [1.165, 1.54) is 23.2 Å². The first-order valence-electron chi connectivity index (χ1n) is 9.49. The fourth-order valence-corrected chi connectivity index (χ4v) is 8.95. The molecular formula is C22H31NOSi. The summed E-state index contributed by atoms with van der Waals surface area (Å²) < 4.78 is 7.14. The van der Waals surface area contributed by atoms with E-state index in [4.69, 9.17) is 10.2 Å². The van der Waals surface area contributed by atoms with Crippen LogP contribution in [0, 0.1) is 0 Å². The van der Waals surface area contributed by atoms with Crippen LogP contribution in [0.5, 0.6) is 0 Å². The Bertz CT molecular complexity index is 626. The summed E-state index contributed by atoms with van der Waals surface area (Å²) in [6.45, 7) is 6.98. The Morgan fingerprint density at radius 2 is 1.32 bits per heavy atom. The van der Waals surface area contributed by atoms with Gasteiger partial charge in [0.25, 0.3) is 8.32 Å². The largest absolute Gasteiger partial charge is 0.403 e. The molecule has 1 fully saturated rings. The number of hydrogen-bond acceptors (Lipinski definition) is 2. The Balaban J connectivity index is 2.15. The topological polar surface area (TPSA) is 35.2 Å². The van der Waals surface area contributed by atoms with Gasteiger partial charge in [-0.1, -0.05) is 94.3 Å². The summed E-state index contributed by atoms with van der Waals surface area (Å²) in [6.07, 6.45) is 4.74. The maximum Gasteiger partial charge on any atom is 0.261 e. The Kier molecular flexibility index (Phi) is 5.47. The normalized spacial score (nSPS) is 21.9. The van der Waals surface area contributed by atoms with Crippen LogP contribution in [-0.4, -0.2) is 20.5 Å². The lowest BCUT2D eigenvalue weighted by Crippen LogP contribution is -2.69.